The minimum absolute atomic E-state index is 0.0522. The number of fused-ring (bicyclic) bond motifs is 1. The van der Waals surface area contributed by atoms with E-state index in [4.69, 9.17) is 13.9 Å². The average molecular weight is 504 g/mol. The summed E-state index contributed by atoms with van der Waals surface area (Å²) in [6.45, 7) is 5.09. The van der Waals surface area contributed by atoms with Gasteiger partial charge in [-0.2, -0.15) is 4.31 Å². The van der Waals surface area contributed by atoms with Crippen molar-refractivity contribution in [2.45, 2.75) is 31.6 Å². The Bertz CT molecular complexity index is 1390. The van der Waals surface area contributed by atoms with Gasteiger partial charge in [0.1, 0.15) is 11.5 Å². The van der Waals surface area contributed by atoms with Crippen molar-refractivity contribution in [3.63, 3.8) is 0 Å². The van der Waals surface area contributed by atoms with Crippen LogP contribution in [0.4, 0.5) is 5.69 Å². The predicted octanol–water partition coefficient (Wildman–Crippen LogP) is 2.97. The molecule has 1 saturated heterocycles. The molecular weight excluding hydrogens is 474 g/mol. The third-order valence-corrected chi connectivity index (χ3v) is 7.94. The Morgan fingerprint density at radius 2 is 1.80 bits per heavy atom. The van der Waals surface area contributed by atoms with Gasteiger partial charge in [-0.25, -0.2) is 13.2 Å². The van der Waals surface area contributed by atoms with Crippen molar-refractivity contribution in [2.75, 3.05) is 31.6 Å². The quantitative estimate of drug-likeness (QED) is 0.502. The van der Waals surface area contributed by atoms with Crippen molar-refractivity contribution < 1.29 is 27.1 Å². The zero-order chi connectivity index (χ0) is 25.2. The normalized spacial score (nSPS) is 15.3. The van der Waals surface area contributed by atoms with Gasteiger partial charge in [0.2, 0.25) is 15.9 Å². The summed E-state index contributed by atoms with van der Waals surface area (Å²) in [6, 6.07) is 9.65. The largest absolute Gasteiger partial charge is 0.494 e. The number of nitrogens with zero attached hydrogens (tertiary/aromatic N) is 2. The van der Waals surface area contributed by atoms with Crippen molar-refractivity contribution in [3.05, 3.63) is 46.9 Å². The second-order valence-electron chi connectivity index (χ2n) is 8.25. The SMILES string of the molecule is CCOc1ccc(OCC)c(NC(=O)C2CCN(S(=O)(=O)c3ccc4c(c3)oc(=O)n4C)CC2)c1. The first-order valence-corrected chi connectivity index (χ1v) is 13.0. The van der Waals surface area contributed by atoms with Crippen LogP contribution in [0.2, 0.25) is 0 Å². The number of carbonyl (C=O) groups excluding carboxylic acids is 1. The molecule has 1 aliphatic heterocycles. The molecule has 2 aromatic carbocycles. The van der Waals surface area contributed by atoms with Gasteiger partial charge in [0, 0.05) is 38.2 Å². The van der Waals surface area contributed by atoms with Crippen molar-refractivity contribution in [3.8, 4) is 11.5 Å². The van der Waals surface area contributed by atoms with Crippen molar-refractivity contribution >= 4 is 32.7 Å². The third-order valence-electron chi connectivity index (χ3n) is 6.05. The van der Waals surface area contributed by atoms with Gasteiger partial charge in [-0.1, -0.05) is 0 Å². The maximum atomic E-state index is 13.2. The first kappa shape index (κ1) is 24.8. The molecule has 1 aliphatic rings. The summed E-state index contributed by atoms with van der Waals surface area (Å²) < 4.78 is 45.3. The Morgan fingerprint density at radius 1 is 1.09 bits per heavy atom. The number of anilines is 1. The van der Waals surface area contributed by atoms with Crippen LogP contribution < -0.4 is 20.5 Å². The molecule has 1 aromatic heterocycles. The van der Waals surface area contributed by atoms with E-state index in [1.807, 2.05) is 13.8 Å². The number of aromatic nitrogens is 1. The maximum absolute atomic E-state index is 13.2. The van der Waals surface area contributed by atoms with Gasteiger partial charge in [-0.3, -0.25) is 9.36 Å². The lowest BCUT2D eigenvalue weighted by atomic mass is 9.97. The Balaban J connectivity index is 1.44. The number of benzene rings is 2. The molecule has 35 heavy (non-hydrogen) atoms. The number of piperidine rings is 1. The molecule has 0 aliphatic carbocycles. The molecule has 11 heteroatoms. The average Bonchev–Trinajstić information content (AvgIpc) is 3.13. The Hall–Kier alpha value is -3.31. The molecule has 4 rings (SSSR count). The lowest BCUT2D eigenvalue weighted by Gasteiger charge is -2.30. The predicted molar refractivity (Wildman–Crippen MR) is 130 cm³/mol. The number of nitrogens with one attached hydrogen (secondary N) is 1. The number of oxazole rings is 1. The monoisotopic (exact) mass is 503 g/mol. The number of sulfonamides is 1. The standard InChI is InChI=1S/C24H29N3O7S/c1-4-32-17-6-9-21(33-5-2)19(14-17)25-23(28)16-10-12-27(13-11-16)35(30,31)18-7-8-20-22(15-18)34-24(29)26(20)3/h6-9,14-16H,4-5,10-13H2,1-3H3,(H,25,28). The van der Waals surface area contributed by atoms with E-state index in [0.29, 0.717) is 48.8 Å². The van der Waals surface area contributed by atoms with Crippen LogP contribution in [0.3, 0.4) is 0 Å². The smallest absolute Gasteiger partial charge is 0.419 e. The summed E-state index contributed by atoms with van der Waals surface area (Å²) in [5.74, 6) is 0.0803. The van der Waals surface area contributed by atoms with E-state index in [-0.39, 0.29) is 35.4 Å². The summed E-state index contributed by atoms with van der Waals surface area (Å²) in [7, 11) is -2.24. The van der Waals surface area contributed by atoms with Crippen LogP contribution in [-0.2, 0) is 21.9 Å². The van der Waals surface area contributed by atoms with Crippen LogP contribution in [0.5, 0.6) is 11.5 Å². The maximum Gasteiger partial charge on any atom is 0.419 e. The van der Waals surface area contributed by atoms with E-state index in [0.717, 1.165) is 0 Å². The Kier molecular flexibility index (Phi) is 7.18. The van der Waals surface area contributed by atoms with E-state index >= 15 is 0 Å². The highest BCUT2D eigenvalue weighted by Crippen LogP contribution is 2.31. The summed E-state index contributed by atoms with van der Waals surface area (Å²) in [5, 5.41) is 2.92. The number of hydrogen-bond acceptors (Lipinski definition) is 7. The number of amides is 1. The Labute approximate surface area is 203 Å². The van der Waals surface area contributed by atoms with E-state index in [1.54, 1.807) is 31.3 Å². The lowest BCUT2D eigenvalue weighted by Crippen LogP contribution is -2.41. The van der Waals surface area contributed by atoms with Gasteiger partial charge in [0.15, 0.2) is 5.58 Å². The van der Waals surface area contributed by atoms with Gasteiger partial charge >= 0.3 is 5.76 Å². The summed E-state index contributed by atoms with van der Waals surface area (Å²) in [5.41, 5.74) is 1.26. The third kappa shape index (κ3) is 5.06. The minimum Gasteiger partial charge on any atom is -0.494 e. The van der Waals surface area contributed by atoms with Crippen LogP contribution >= 0.6 is 0 Å². The Morgan fingerprint density at radius 3 is 2.49 bits per heavy atom. The number of carbonyl (C=O) groups is 1. The first-order valence-electron chi connectivity index (χ1n) is 11.5. The molecule has 188 valence electrons. The molecule has 0 unspecified atom stereocenters. The van der Waals surface area contributed by atoms with Gasteiger partial charge in [0.05, 0.1) is 29.3 Å². The number of hydrogen-bond donors (Lipinski definition) is 1. The number of ether oxygens (including phenoxy) is 2. The molecule has 10 nitrogen and oxygen atoms in total. The van der Waals surface area contributed by atoms with E-state index < -0.39 is 15.8 Å². The molecule has 0 spiro atoms. The van der Waals surface area contributed by atoms with Gasteiger partial charge in [-0.15, -0.1) is 0 Å². The zero-order valence-corrected chi connectivity index (χ0v) is 20.8. The molecule has 3 aromatic rings. The van der Waals surface area contributed by atoms with E-state index in [2.05, 4.69) is 5.32 Å². The highest BCUT2D eigenvalue weighted by Gasteiger charge is 2.33. The molecule has 0 saturated carbocycles. The molecule has 1 N–H and O–H groups in total. The van der Waals surface area contributed by atoms with E-state index in [9.17, 15) is 18.0 Å². The molecule has 1 amide bonds. The van der Waals surface area contributed by atoms with E-state index in [1.165, 1.54) is 21.0 Å². The zero-order valence-electron chi connectivity index (χ0n) is 19.9. The topological polar surface area (TPSA) is 120 Å². The summed E-state index contributed by atoms with van der Waals surface area (Å²) >= 11 is 0. The van der Waals surface area contributed by atoms with Crippen LogP contribution in [0.1, 0.15) is 26.7 Å². The van der Waals surface area contributed by atoms with Crippen molar-refractivity contribution in [2.24, 2.45) is 13.0 Å². The van der Waals surface area contributed by atoms with Gasteiger partial charge in [0.25, 0.3) is 0 Å². The van der Waals surface area contributed by atoms with Crippen LogP contribution in [0.15, 0.2) is 50.5 Å². The van der Waals surface area contributed by atoms with Gasteiger partial charge < -0.3 is 19.2 Å². The van der Waals surface area contributed by atoms with Gasteiger partial charge in [-0.05, 0) is 51.0 Å². The first-order chi connectivity index (χ1) is 16.7. The molecule has 2 heterocycles. The second-order valence-corrected chi connectivity index (χ2v) is 10.2. The molecule has 0 atom stereocenters. The van der Waals surface area contributed by atoms with Crippen LogP contribution in [0, 0.1) is 5.92 Å². The molecular formula is C24H29N3O7S. The molecule has 0 bridgehead atoms. The fraction of sp³-hybridized carbons (Fsp3) is 0.417. The fourth-order valence-electron chi connectivity index (χ4n) is 4.16. The van der Waals surface area contributed by atoms with Crippen LogP contribution in [-0.4, -0.2) is 49.5 Å². The molecule has 0 radical (unpaired) electrons. The van der Waals surface area contributed by atoms with Crippen molar-refractivity contribution in [1.82, 2.24) is 8.87 Å². The lowest BCUT2D eigenvalue weighted by molar-refractivity contribution is -0.120. The number of aryl methyl sites for hydroxylation is 1. The highest BCUT2D eigenvalue weighted by molar-refractivity contribution is 7.89. The summed E-state index contributed by atoms with van der Waals surface area (Å²) in [4.78, 5) is 24.8. The highest BCUT2D eigenvalue weighted by atomic mass is 32.2. The minimum atomic E-state index is -3.80. The van der Waals surface area contributed by atoms with Crippen LogP contribution in [0.25, 0.3) is 11.1 Å². The van der Waals surface area contributed by atoms with Crippen molar-refractivity contribution in [1.29, 1.82) is 0 Å². The summed E-state index contributed by atoms with van der Waals surface area (Å²) in [6.07, 6.45) is 0.756. The second kappa shape index (κ2) is 10.1. The number of rotatable bonds is 8. The fourth-order valence-corrected chi connectivity index (χ4v) is 5.65. The molecule has 1 fully saturated rings.